The number of hydrogen-bond acceptors (Lipinski definition) is 3. The summed E-state index contributed by atoms with van der Waals surface area (Å²) in [6.07, 6.45) is 6.24. The fraction of sp³-hybridized carbons (Fsp3) is 0.615. The first kappa shape index (κ1) is 11.4. The molecule has 1 saturated carbocycles. The molecule has 16 heavy (non-hydrogen) atoms. The number of aldehydes is 1. The Balaban J connectivity index is 1.81. The molecule has 0 aliphatic heterocycles. The lowest BCUT2D eigenvalue weighted by atomic mass is 10.1. The van der Waals surface area contributed by atoms with Crippen LogP contribution >= 0.6 is 0 Å². The normalized spacial score (nSPS) is 17.1. The van der Waals surface area contributed by atoms with Crippen molar-refractivity contribution in [2.45, 2.75) is 32.2 Å². The first-order valence-electron chi connectivity index (χ1n) is 6.00. The van der Waals surface area contributed by atoms with Crippen molar-refractivity contribution < 1.29 is 9.21 Å². The van der Waals surface area contributed by atoms with Gasteiger partial charge in [0.25, 0.3) is 0 Å². The topological polar surface area (TPSA) is 33.5 Å². The smallest absolute Gasteiger partial charge is 0.185 e. The molecule has 0 unspecified atom stereocenters. The van der Waals surface area contributed by atoms with Gasteiger partial charge in [0, 0.05) is 6.54 Å². The lowest BCUT2D eigenvalue weighted by Gasteiger charge is -2.19. The summed E-state index contributed by atoms with van der Waals surface area (Å²) in [5, 5.41) is 0. The van der Waals surface area contributed by atoms with Crippen LogP contribution in [0.4, 0.5) is 0 Å². The number of furan rings is 1. The fourth-order valence-electron chi connectivity index (χ4n) is 2.51. The monoisotopic (exact) mass is 221 g/mol. The Bertz CT molecular complexity index is 339. The Labute approximate surface area is 96.4 Å². The third kappa shape index (κ3) is 2.95. The Kier molecular flexibility index (Phi) is 3.78. The molecule has 1 aliphatic carbocycles. The molecule has 0 N–H and O–H groups in total. The zero-order chi connectivity index (χ0) is 11.4. The molecule has 88 valence electrons. The minimum atomic E-state index is 0.421. The first-order valence-corrected chi connectivity index (χ1v) is 6.00. The van der Waals surface area contributed by atoms with E-state index in [1.807, 2.05) is 6.07 Å². The summed E-state index contributed by atoms with van der Waals surface area (Å²) in [5.74, 6) is 2.15. The zero-order valence-electron chi connectivity index (χ0n) is 9.82. The summed E-state index contributed by atoms with van der Waals surface area (Å²) >= 11 is 0. The molecule has 0 saturated heterocycles. The molecule has 1 fully saturated rings. The maximum absolute atomic E-state index is 10.5. The van der Waals surface area contributed by atoms with Gasteiger partial charge in [-0.15, -0.1) is 0 Å². The predicted molar refractivity (Wildman–Crippen MR) is 62.4 cm³/mol. The first-order chi connectivity index (χ1) is 7.78. The zero-order valence-corrected chi connectivity index (χ0v) is 9.82. The molecule has 1 aliphatic rings. The maximum Gasteiger partial charge on any atom is 0.185 e. The Morgan fingerprint density at radius 3 is 2.81 bits per heavy atom. The molecule has 0 bridgehead atoms. The van der Waals surface area contributed by atoms with Crippen LogP contribution in [-0.2, 0) is 6.54 Å². The van der Waals surface area contributed by atoms with Gasteiger partial charge in [0.15, 0.2) is 12.0 Å². The molecule has 0 aromatic carbocycles. The van der Waals surface area contributed by atoms with Crippen molar-refractivity contribution in [1.82, 2.24) is 4.90 Å². The van der Waals surface area contributed by atoms with Crippen LogP contribution in [0.15, 0.2) is 16.5 Å². The molecule has 0 amide bonds. The van der Waals surface area contributed by atoms with Gasteiger partial charge in [-0.2, -0.15) is 0 Å². The average molecular weight is 221 g/mol. The van der Waals surface area contributed by atoms with E-state index in [9.17, 15) is 4.79 Å². The minimum Gasteiger partial charge on any atom is -0.457 e. The molecule has 1 aromatic rings. The van der Waals surface area contributed by atoms with Crippen LogP contribution in [0.5, 0.6) is 0 Å². The van der Waals surface area contributed by atoms with Crippen LogP contribution in [0, 0.1) is 5.92 Å². The van der Waals surface area contributed by atoms with Gasteiger partial charge in [-0.1, -0.05) is 12.8 Å². The van der Waals surface area contributed by atoms with Crippen molar-refractivity contribution in [3.63, 3.8) is 0 Å². The van der Waals surface area contributed by atoms with E-state index in [1.165, 1.54) is 25.7 Å². The van der Waals surface area contributed by atoms with Crippen LogP contribution in [0.25, 0.3) is 0 Å². The molecule has 1 heterocycles. The molecular formula is C13H19NO2. The van der Waals surface area contributed by atoms with Crippen molar-refractivity contribution in [3.8, 4) is 0 Å². The van der Waals surface area contributed by atoms with Gasteiger partial charge in [0.2, 0.25) is 0 Å². The highest BCUT2D eigenvalue weighted by Crippen LogP contribution is 2.25. The molecule has 2 rings (SSSR count). The van der Waals surface area contributed by atoms with E-state index in [-0.39, 0.29) is 0 Å². The van der Waals surface area contributed by atoms with E-state index < -0.39 is 0 Å². The summed E-state index contributed by atoms with van der Waals surface area (Å²) in [5.41, 5.74) is 0. The third-order valence-electron chi connectivity index (χ3n) is 3.27. The Hall–Kier alpha value is -1.09. The van der Waals surface area contributed by atoms with Gasteiger partial charge in [0.1, 0.15) is 5.76 Å². The summed E-state index contributed by atoms with van der Waals surface area (Å²) in [6.45, 7) is 1.93. The van der Waals surface area contributed by atoms with Crippen LogP contribution < -0.4 is 0 Å². The molecule has 0 spiro atoms. The summed E-state index contributed by atoms with van der Waals surface area (Å²) < 4.78 is 5.36. The van der Waals surface area contributed by atoms with E-state index in [0.29, 0.717) is 5.76 Å². The van der Waals surface area contributed by atoms with Crippen LogP contribution in [-0.4, -0.2) is 24.8 Å². The SMILES string of the molecule is CN(Cc1ccc(C=O)o1)CC1CCCC1. The molecular weight excluding hydrogens is 202 g/mol. The van der Waals surface area contributed by atoms with Crippen molar-refractivity contribution in [2.75, 3.05) is 13.6 Å². The van der Waals surface area contributed by atoms with Crippen LogP contribution in [0.3, 0.4) is 0 Å². The van der Waals surface area contributed by atoms with Crippen LogP contribution in [0.2, 0.25) is 0 Å². The third-order valence-corrected chi connectivity index (χ3v) is 3.27. The summed E-state index contributed by atoms with van der Waals surface area (Å²) in [6, 6.07) is 3.61. The number of rotatable bonds is 5. The lowest BCUT2D eigenvalue weighted by Crippen LogP contribution is -2.23. The number of carbonyl (C=O) groups is 1. The van der Waals surface area contributed by atoms with Gasteiger partial charge < -0.3 is 4.42 Å². The molecule has 3 nitrogen and oxygen atoms in total. The number of nitrogens with zero attached hydrogens (tertiary/aromatic N) is 1. The van der Waals surface area contributed by atoms with Crippen molar-refractivity contribution in [2.24, 2.45) is 5.92 Å². The quantitative estimate of drug-likeness (QED) is 0.717. The van der Waals surface area contributed by atoms with Crippen molar-refractivity contribution in [3.05, 3.63) is 23.7 Å². The van der Waals surface area contributed by atoms with Crippen molar-refractivity contribution in [1.29, 1.82) is 0 Å². The highest BCUT2D eigenvalue weighted by Gasteiger charge is 2.17. The molecule has 1 aromatic heterocycles. The van der Waals surface area contributed by atoms with Crippen LogP contribution in [0.1, 0.15) is 42.0 Å². The second-order valence-corrected chi connectivity index (χ2v) is 4.77. The number of hydrogen-bond donors (Lipinski definition) is 0. The van der Waals surface area contributed by atoms with E-state index in [1.54, 1.807) is 6.07 Å². The van der Waals surface area contributed by atoms with Crippen molar-refractivity contribution >= 4 is 6.29 Å². The number of carbonyl (C=O) groups excluding carboxylic acids is 1. The summed E-state index contributed by atoms with van der Waals surface area (Å²) in [7, 11) is 2.11. The van der Waals surface area contributed by atoms with Gasteiger partial charge in [-0.3, -0.25) is 9.69 Å². The predicted octanol–water partition coefficient (Wildman–Crippen LogP) is 2.71. The highest BCUT2D eigenvalue weighted by atomic mass is 16.3. The van der Waals surface area contributed by atoms with Gasteiger partial charge >= 0.3 is 0 Å². The van der Waals surface area contributed by atoms with E-state index in [2.05, 4.69) is 11.9 Å². The van der Waals surface area contributed by atoms with Gasteiger partial charge in [-0.25, -0.2) is 0 Å². The second-order valence-electron chi connectivity index (χ2n) is 4.77. The minimum absolute atomic E-state index is 0.421. The standard InChI is InChI=1S/C13H19NO2/c1-14(8-11-4-2-3-5-11)9-12-6-7-13(10-15)16-12/h6-7,10-11H,2-5,8-9H2,1H3. The van der Waals surface area contributed by atoms with Gasteiger partial charge in [-0.05, 0) is 37.9 Å². The van der Waals surface area contributed by atoms with Gasteiger partial charge in [0.05, 0.1) is 6.54 Å². The van der Waals surface area contributed by atoms with E-state index in [0.717, 1.165) is 31.1 Å². The largest absolute Gasteiger partial charge is 0.457 e. The summed E-state index contributed by atoms with van der Waals surface area (Å²) in [4.78, 5) is 12.8. The highest BCUT2D eigenvalue weighted by molar-refractivity contribution is 5.70. The molecule has 0 radical (unpaired) electrons. The second kappa shape index (κ2) is 5.30. The van der Waals surface area contributed by atoms with E-state index >= 15 is 0 Å². The average Bonchev–Trinajstić information content (AvgIpc) is 2.89. The molecule has 3 heteroatoms. The Morgan fingerprint density at radius 1 is 1.44 bits per heavy atom. The molecule has 0 atom stereocenters. The fourth-order valence-corrected chi connectivity index (χ4v) is 2.51. The Morgan fingerprint density at radius 2 is 2.19 bits per heavy atom. The van der Waals surface area contributed by atoms with E-state index in [4.69, 9.17) is 4.42 Å². The maximum atomic E-state index is 10.5. The lowest BCUT2D eigenvalue weighted by molar-refractivity contribution is 0.109.